The lowest BCUT2D eigenvalue weighted by molar-refractivity contribution is 0.157. The molecule has 19 heavy (non-hydrogen) atoms. The summed E-state index contributed by atoms with van der Waals surface area (Å²) in [5.41, 5.74) is 1.43. The molecule has 1 aliphatic carbocycles. The van der Waals surface area contributed by atoms with Crippen molar-refractivity contribution in [3.05, 3.63) is 35.9 Å². The van der Waals surface area contributed by atoms with Crippen molar-refractivity contribution >= 4 is 11.8 Å². The first-order valence-corrected chi connectivity index (χ1v) is 8.60. The second-order valence-electron chi connectivity index (χ2n) is 5.89. The Morgan fingerprint density at radius 3 is 2.74 bits per heavy atom. The van der Waals surface area contributed by atoms with E-state index in [0.29, 0.717) is 10.8 Å². The first-order valence-electron chi connectivity index (χ1n) is 7.37. The zero-order valence-electron chi connectivity index (χ0n) is 11.8. The van der Waals surface area contributed by atoms with Crippen LogP contribution in [-0.2, 0) is 0 Å². The van der Waals surface area contributed by atoms with Crippen LogP contribution >= 0.6 is 11.8 Å². The van der Waals surface area contributed by atoms with E-state index in [2.05, 4.69) is 58.6 Å². The Hall–Kier alpha value is -0.510. The van der Waals surface area contributed by atoms with Crippen LogP contribution in [0.5, 0.6) is 0 Å². The standard InChI is InChI=1S/C16H24N2S/c1-19-16(8-5-9-16)13-18-11-10-17-15(12-18)14-6-3-2-4-7-14/h2-4,6-7,15,17H,5,8-13H2,1H3. The summed E-state index contributed by atoms with van der Waals surface area (Å²) in [6, 6.07) is 11.4. The summed E-state index contributed by atoms with van der Waals surface area (Å²) in [5.74, 6) is 0. The zero-order chi connectivity index (χ0) is 13.1. The number of piperazine rings is 1. The number of benzene rings is 1. The van der Waals surface area contributed by atoms with Crippen molar-refractivity contribution in [2.45, 2.75) is 30.1 Å². The van der Waals surface area contributed by atoms with Crippen LogP contribution in [0.4, 0.5) is 0 Å². The van der Waals surface area contributed by atoms with Gasteiger partial charge < -0.3 is 5.32 Å². The highest BCUT2D eigenvalue weighted by atomic mass is 32.2. The van der Waals surface area contributed by atoms with E-state index >= 15 is 0 Å². The van der Waals surface area contributed by atoms with E-state index in [0.717, 1.165) is 13.1 Å². The van der Waals surface area contributed by atoms with Crippen molar-refractivity contribution < 1.29 is 0 Å². The molecule has 0 aromatic heterocycles. The van der Waals surface area contributed by atoms with Crippen LogP contribution < -0.4 is 5.32 Å². The lowest BCUT2D eigenvalue weighted by Crippen LogP contribution is -2.52. The van der Waals surface area contributed by atoms with Gasteiger partial charge in [-0.2, -0.15) is 11.8 Å². The molecule has 1 aliphatic heterocycles. The summed E-state index contributed by atoms with van der Waals surface area (Å²) in [4.78, 5) is 2.67. The van der Waals surface area contributed by atoms with Crippen LogP contribution in [0.15, 0.2) is 30.3 Å². The molecule has 0 bridgehead atoms. The van der Waals surface area contributed by atoms with Crippen LogP contribution in [0, 0.1) is 0 Å². The second-order valence-corrected chi connectivity index (χ2v) is 7.17. The van der Waals surface area contributed by atoms with Gasteiger partial charge in [0.15, 0.2) is 0 Å². The first kappa shape index (κ1) is 13.5. The maximum absolute atomic E-state index is 3.66. The monoisotopic (exact) mass is 276 g/mol. The fourth-order valence-electron chi connectivity index (χ4n) is 3.27. The molecule has 1 heterocycles. The fraction of sp³-hybridized carbons (Fsp3) is 0.625. The van der Waals surface area contributed by atoms with Crippen molar-refractivity contribution in [1.29, 1.82) is 0 Å². The summed E-state index contributed by atoms with van der Waals surface area (Å²) in [7, 11) is 0. The van der Waals surface area contributed by atoms with Gasteiger partial charge in [0.25, 0.3) is 0 Å². The van der Waals surface area contributed by atoms with Gasteiger partial charge in [-0.15, -0.1) is 0 Å². The number of hydrogen-bond acceptors (Lipinski definition) is 3. The lowest BCUT2D eigenvalue weighted by Gasteiger charge is -2.46. The van der Waals surface area contributed by atoms with Crippen LogP contribution in [0.3, 0.4) is 0 Å². The van der Waals surface area contributed by atoms with Crippen molar-refractivity contribution in [3.8, 4) is 0 Å². The molecule has 1 N–H and O–H groups in total. The summed E-state index contributed by atoms with van der Waals surface area (Å²) < 4.78 is 0.568. The Morgan fingerprint density at radius 1 is 1.32 bits per heavy atom. The molecule has 0 amide bonds. The Morgan fingerprint density at radius 2 is 2.11 bits per heavy atom. The van der Waals surface area contributed by atoms with E-state index in [1.807, 2.05) is 0 Å². The molecule has 2 fully saturated rings. The normalized spacial score (nSPS) is 26.9. The SMILES string of the molecule is CSC1(CN2CCNC(c3ccccc3)C2)CCC1. The van der Waals surface area contributed by atoms with E-state index in [9.17, 15) is 0 Å². The van der Waals surface area contributed by atoms with Crippen LogP contribution in [0.25, 0.3) is 0 Å². The van der Waals surface area contributed by atoms with Gasteiger partial charge in [0.1, 0.15) is 0 Å². The molecule has 1 saturated carbocycles. The van der Waals surface area contributed by atoms with Gasteiger partial charge in [-0.1, -0.05) is 36.8 Å². The van der Waals surface area contributed by atoms with E-state index in [-0.39, 0.29) is 0 Å². The molecule has 3 heteroatoms. The van der Waals surface area contributed by atoms with Gasteiger partial charge in [0.2, 0.25) is 0 Å². The average Bonchev–Trinajstić information content (AvgIpc) is 2.44. The number of rotatable bonds is 4. The van der Waals surface area contributed by atoms with Crippen molar-refractivity contribution in [3.63, 3.8) is 0 Å². The topological polar surface area (TPSA) is 15.3 Å². The maximum atomic E-state index is 3.66. The van der Waals surface area contributed by atoms with Crippen LogP contribution in [0.1, 0.15) is 30.9 Å². The van der Waals surface area contributed by atoms with E-state index in [1.54, 1.807) is 0 Å². The number of thioether (sulfide) groups is 1. The zero-order valence-corrected chi connectivity index (χ0v) is 12.6. The van der Waals surface area contributed by atoms with Gasteiger partial charge in [-0.3, -0.25) is 4.90 Å². The Balaban J connectivity index is 1.62. The largest absolute Gasteiger partial charge is 0.308 e. The van der Waals surface area contributed by atoms with Crippen LogP contribution in [-0.4, -0.2) is 42.1 Å². The van der Waals surface area contributed by atoms with Gasteiger partial charge in [-0.25, -0.2) is 0 Å². The third-order valence-electron chi connectivity index (χ3n) is 4.67. The third kappa shape index (κ3) is 2.99. The highest BCUT2D eigenvalue weighted by molar-refractivity contribution is 8.00. The minimum Gasteiger partial charge on any atom is -0.308 e. The fourth-order valence-corrected chi connectivity index (χ4v) is 4.28. The molecule has 1 atom stereocenters. The van der Waals surface area contributed by atoms with Crippen molar-refractivity contribution in [2.75, 3.05) is 32.4 Å². The third-order valence-corrected chi connectivity index (χ3v) is 6.07. The quantitative estimate of drug-likeness (QED) is 0.910. The number of hydrogen-bond donors (Lipinski definition) is 1. The molecule has 1 aromatic rings. The molecular formula is C16H24N2S. The average molecular weight is 276 g/mol. The molecule has 0 radical (unpaired) electrons. The molecule has 2 nitrogen and oxygen atoms in total. The molecule has 0 spiro atoms. The molecule has 1 saturated heterocycles. The summed E-state index contributed by atoms with van der Waals surface area (Å²) in [6.45, 7) is 4.75. The molecule has 1 aromatic carbocycles. The first-order chi connectivity index (χ1) is 9.31. The minimum absolute atomic E-state index is 0.508. The number of nitrogens with one attached hydrogen (secondary N) is 1. The van der Waals surface area contributed by atoms with E-state index in [4.69, 9.17) is 0 Å². The summed E-state index contributed by atoms with van der Waals surface area (Å²) in [6.07, 6.45) is 6.53. The summed E-state index contributed by atoms with van der Waals surface area (Å²) in [5, 5.41) is 3.66. The lowest BCUT2D eigenvalue weighted by atomic mass is 9.83. The maximum Gasteiger partial charge on any atom is 0.0449 e. The van der Waals surface area contributed by atoms with Gasteiger partial charge in [0, 0.05) is 37.0 Å². The van der Waals surface area contributed by atoms with Crippen LogP contribution in [0.2, 0.25) is 0 Å². The smallest absolute Gasteiger partial charge is 0.0449 e. The highest BCUT2D eigenvalue weighted by Crippen LogP contribution is 2.43. The van der Waals surface area contributed by atoms with Crippen molar-refractivity contribution in [2.24, 2.45) is 0 Å². The van der Waals surface area contributed by atoms with Gasteiger partial charge >= 0.3 is 0 Å². The number of nitrogens with zero attached hydrogens (tertiary/aromatic N) is 1. The molecule has 1 unspecified atom stereocenters. The predicted molar refractivity (Wildman–Crippen MR) is 83.7 cm³/mol. The van der Waals surface area contributed by atoms with E-state index < -0.39 is 0 Å². The van der Waals surface area contributed by atoms with Gasteiger partial charge in [0.05, 0.1) is 0 Å². The highest BCUT2D eigenvalue weighted by Gasteiger charge is 2.38. The second kappa shape index (κ2) is 5.86. The minimum atomic E-state index is 0.508. The van der Waals surface area contributed by atoms with E-state index in [1.165, 1.54) is 37.9 Å². The molecule has 3 rings (SSSR count). The molecular weight excluding hydrogens is 252 g/mol. The predicted octanol–water partition coefficient (Wildman–Crippen LogP) is 2.92. The molecule has 104 valence electrons. The van der Waals surface area contributed by atoms with Gasteiger partial charge in [-0.05, 0) is 24.7 Å². The Labute approximate surface area is 121 Å². The van der Waals surface area contributed by atoms with Crippen molar-refractivity contribution in [1.82, 2.24) is 10.2 Å². The Bertz CT molecular complexity index is 397. The summed E-state index contributed by atoms with van der Waals surface area (Å²) >= 11 is 2.09. The molecule has 2 aliphatic rings. The Kier molecular flexibility index (Phi) is 4.15.